The largest absolute Gasteiger partial charge is 0.481 e. The number of rotatable bonds is 1. The minimum absolute atomic E-state index is 0.0107. The van der Waals surface area contributed by atoms with Crippen molar-refractivity contribution in [2.75, 3.05) is 13.1 Å². The number of carboxylic acid groups (broad SMARTS) is 1. The van der Waals surface area contributed by atoms with E-state index in [1.54, 1.807) is 20.8 Å². The van der Waals surface area contributed by atoms with Gasteiger partial charge in [0.2, 0.25) is 5.92 Å². The second kappa shape index (κ2) is 4.81. The van der Waals surface area contributed by atoms with Crippen LogP contribution in [0.5, 0.6) is 0 Å². The van der Waals surface area contributed by atoms with Crippen molar-refractivity contribution in [2.24, 2.45) is 11.3 Å². The molecule has 1 saturated carbocycles. The molecule has 0 unspecified atom stereocenters. The minimum Gasteiger partial charge on any atom is -0.481 e. The first-order valence-corrected chi connectivity index (χ1v) is 7.04. The van der Waals surface area contributed by atoms with Crippen molar-refractivity contribution in [1.82, 2.24) is 4.90 Å². The number of halogens is 2. The zero-order valence-electron chi connectivity index (χ0n) is 12.5. The van der Waals surface area contributed by atoms with E-state index in [1.165, 1.54) is 4.90 Å². The summed E-state index contributed by atoms with van der Waals surface area (Å²) in [6.07, 6.45) is -1.68. The van der Waals surface area contributed by atoms with Crippen molar-refractivity contribution in [1.29, 1.82) is 0 Å². The van der Waals surface area contributed by atoms with E-state index >= 15 is 0 Å². The molecule has 1 aliphatic heterocycles. The molecule has 0 aromatic heterocycles. The van der Waals surface area contributed by atoms with E-state index < -0.39 is 47.8 Å². The Bertz CT molecular complexity index is 460. The molecule has 2 rings (SSSR count). The van der Waals surface area contributed by atoms with Crippen LogP contribution >= 0.6 is 0 Å². The molecule has 1 aliphatic carbocycles. The maximum absolute atomic E-state index is 13.5. The van der Waals surface area contributed by atoms with Crippen LogP contribution in [0.15, 0.2) is 0 Å². The Hall–Kier alpha value is -1.40. The predicted octanol–water partition coefficient (Wildman–Crippen LogP) is 2.74. The summed E-state index contributed by atoms with van der Waals surface area (Å²) in [5.74, 6) is -4.69. The first-order valence-electron chi connectivity index (χ1n) is 7.04. The number of carbonyl (C=O) groups is 2. The molecule has 2 fully saturated rings. The molecule has 2 aliphatic rings. The van der Waals surface area contributed by atoms with Gasteiger partial charge in [-0.1, -0.05) is 0 Å². The van der Waals surface area contributed by atoms with Gasteiger partial charge < -0.3 is 14.7 Å². The van der Waals surface area contributed by atoms with Crippen LogP contribution in [0, 0.1) is 11.3 Å². The van der Waals surface area contributed by atoms with Gasteiger partial charge in [0, 0.05) is 31.8 Å². The lowest BCUT2D eigenvalue weighted by Crippen LogP contribution is -2.46. The quantitative estimate of drug-likeness (QED) is 0.809. The molecule has 7 heteroatoms. The van der Waals surface area contributed by atoms with Crippen LogP contribution in [0.4, 0.5) is 13.6 Å². The number of nitrogens with zero attached hydrogens (tertiary/aromatic N) is 1. The number of carboxylic acids is 1. The van der Waals surface area contributed by atoms with Crippen molar-refractivity contribution >= 4 is 12.1 Å². The second-order valence-corrected chi connectivity index (χ2v) is 7.08. The average molecular weight is 305 g/mol. The maximum Gasteiger partial charge on any atom is 0.410 e. The molecular formula is C14H21F2NO4. The molecule has 1 N–H and O–H groups in total. The SMILES string of the molecule is CC(C)(C)OC(=O)N1C[C@@H]2CC(F)(F)CC[C@]2(C(=O)O)C1. The lowest BCUT2D eigenvalue weighted by Gasteiger charge is -2.37. The highest BCUT2D eigenvalue weighted by atomic mass is 19.3. The number of carbonyl (C=O) groups excluding carboxylic acids is 1. The van der Waals surface area contributed by atoms with Gasteiger partial charge in [0.25, 0.3) is 0 Å². The number of ether oxygens (including phenoxy) is 1. The molecule has 0 bridgehead atoms. The monoisotopic (exact) mass is 305 g/mol. The molecule has 1 heterocycles. The third kappa shape index (κ3) is 3.11. The van der Waals surface area contributed by atoms with Crippen LogP contribution in [0.2, 0.25) is 0 Å². The van der Waals surface area contributed by atoms with Gasteiger partial charge in [-0.3, -0.25) is 4.79 Å². The Morgan fingerprint density at radius 2 is 1.90 bits per heavy atom. The Balaban J connectivity index is 2.18. The van der Waals surface area contributed by atoms with Crippen molar-refractivity contribution < 1.29 is 28.2 Å². The lowest BCUT2D eigenvalue weighted by atomic mass is 9.67. The summed E-state index contributed by atoms with van der Waals surface area (Å²) in [6.45, 7) is 5.06. The normalized spacial score (nSPS) is 31.7. The van der Waals surface area contributed by atoms with E-state index in [0.29, 0.717) is 0 Å². The van der Waals surface area contributed by atoms with E-state index in [2.05, 4.69) is 0 Å². The van der Waals surface area contributed by atoms with Gasteiger partial charge >= 0.3 is 12.1 Å². The van der Waals surface area contributed by atoms with Gasteiger partial charge in [-0.05, 0) is 27.2 Å². The number of hydrogen-bond acceptors (Lipinski definition) is 3. The summed E-state index contributed by atoms with van der Waals surface area (Å²) in [6, 6.07) is 0. The van der Waals surface area contributed by atoms with Gasteiger partial charge in [0.1, 0.15) is 5.60 Å². The number of likely N-dealkylation sites (tertiary alicyclic amines) is 1. The third-order valence-electron chi connectivity index (χ3n) is 4.25. The Morgan fingerprint density at radius 3 is 2.43 bits per heavy atom. The van der Waals surface area contributed by atoms with Gasteiger partial charge in [-0.15, -0.1) is 0 Å². The molecule has 120 valence electrons. The Morgan fingerprint density at radius 1 is 1.29 bits per heavy atom. The smallest absolute Gasteiger partial charge is 0.410 e. The Kier molecular flexibility index (Phi) is 3.66. The topological polar surface area (TPSA) is 66.8 Å². The molecule has 5 nitrogen and oxygen atoms in total. The van der Waals surface area contributed by atoms with E-state index in [9.17, 15) is 23.5 Å². The van der Waals surface area contributed by atoms with E-state index in [4.69, 9.17) is 4.74 Å². The van der Waals surface area contributed by atoms with E-state index in [0.717, 1.165) is 0 Å². The molecule has 1 amide bonds. The van der Waals surface area contributed by atoms with Gasteiger partial charge in [0.15, 0.2) is 0 Å². The highest BCUT2D eigenvalue weighted by Gasteiger charge is 2.60. The average Bonchev–Trinajstić information content (AvgIpc) is 2.65. The maximum atomic E-state index is 13.5. The molecular weight excluding hydrogens is 284 g/mol. The summed E-state index contributed by atoms with van der Waals surface area (Å²) in [4.78, 5) is 24.9. The molecule has 21 heavy (non-hydrogen) atoms. The molecule has 0 spiro atoms. The van der Waals surface area contributed by atoms with Gasteiger partial charge in [-0.2, -0.15) is 0 Å². The number of fused-ring (bicyclic) bond motifs is 1. The minimum atomic E-state index is -2.85. The van der Waals surface area contributed by atoms with Crippen LogP contribution in [0.25, 0.3) is 0 Å². The zero-order chi connectivity index (χ0) is 16.1. The molecule has 2 atom stereocenters. The molecule has 1 saturated heterocycles. The Labute approximate surface area is 122 Å². The van der Waals surface area contributed by atoms with Crippen LogP contribution in [0.1, 0.15) is 40.0 Å². The van der Waals surface area contributed by atoms with Crippen molar-refractivity contribution in [3.8, 4) is 0 Å². The van der Waals surface area contributed by atoms with Gasteiger partial charge in [0.05, 0.1) is 5.41 Å². The predicted molar refractivity (Wildman–Crippen MR) is 70.2 cm³/mol. The summed E-state index contributed by atoms with van der Waals surface area (Å²) in [5, 5.41) is 9.48. The lowest BCUT2D eigenvalue weighted by molar-refractivity contribution is -0.160. The number of aliphatic carboxylic acids is 1. The standard InChI is InChI=1S/C14H21F2NO4/c1-12(2,3)21-11(20)17-7-9-6-14(15,16)5-4-13(9,8-17)10(18)19/h9H,4-8H2,1-3H3,(H,18,19)/t9-,13-/m0/s1. The third-order valence-corrected chi connectivity index (χ3v) is 4.25. The summed E-state index contributed by atoms with van der Waals surface area (Å²) >= 11 is 0. The number of amides is 1. The fraction of sp³-hybridized carbons (Fsp3) is 0.857. The highest BCUT2D eigenvalue weighted by Crippen LogP contribution is 2.51. The molecule has 0 aromatic rings. The fourth-order valence-corrected chi connectivity index (χ4v) is 3.20. The van der Waals surface area contributed by atoms with Crippen LogP contribution in [-0.4, -0.2) is 46.7 Å². The first-order chi connectivity index (χ1) is 9.45. The van der Waals surface area contributed by atoms with Crippen molar-refractivity contribution in [3.05, 3.63) is 0 Å². The molecule has 0 radical (unpaired) electrons. The second-order valence-electron chi connectivity index (χ2n) is 7.08. The van der Waals surface area contributed by atoms with Crippen LogP contribution in [0.3, 0.4) is 0 Å². The summed E-state index contributed by atoms with van der Waals surface area (Å²) < 4.78 is 32.3. The van der Waals surface area contributed by atoms with E-state index in [-0.39, 0.29) is 19.5 Å². The van der Waals surface area contributed by atoms with E-state index in [1.807, 2.05) is 0 Å². The summed E-state index contributed by atoms with van der Waals surface area (Å²) in [5.41, 5.74) is -1.97. The van der Waals surface area contributed by atoms with Gasteiger partial charge in [-0.25, -0.2) is 13.6 Å². The number of hydrogen-bond donors (Lipinski definition) is 1. The number of alkyl halides is 2. The highest BCUT2D eigenvalue weighted by molar-refractivity contribution is 5.78. The summed E-state index contributed by atoms with van der Waals surface area (Å²) in [7, 11) is 0. The zero-order valence-corrected chi connectivity index (χ0v) is 12.5. The molecule has 0 aromatic carbocycles. The van der Waals surface area contributed by atoms with Crippen LogP contribution in [-0.2, 0) is 9.53 Å². The first kappa shape index (κ1) is 16.0. The van der Waals surface area contributed by atoms with Crippen LogP contribution < -0.4 is 0 Å². The van der Waals surface area contributed by atoms with Crippen molar-refractivity contribution in [2.45, 2.75) is 51.6 Å². The fourth-order valence-electron chi connectivity index (χ4n) is 3.20. The van der Waals surface area contributed by atoms with Crippen molar-refractivity contribution in [3.63, 3.8) is 0 Å².